The molecule has 4 aromatic rings. The maximum absolute atomic E-state index is 14.0. The molecule has 0 unspecified atom stereocenters. The first-order valence-electron chi connectivity index (χ1n) is 10.0. The topological polar surface area (TPSA) is 60.5 Å². The monoisotopic (exact) mass is 482 g/mol. The molecule has 0 spiro atoms. The Morgan fingerprint density at radius 1 is 1.12 bits per heavy atom. The van der Waals surface area contributed by atoms with Crippen molar-refractivity contribution in [1.29, 1.82) is 0 Å². The zero-order valence-corrected chi connectivity index (χ0v) is 19.5. The molecule has 0 fully saturated rings. The Kier molecular flexibility index (Phi) is 6.91. The van der Waals surface area contributed by atoms with Crippen molar-refractivity contribution >= 4 is 34.5 Å². The molecule has 33 heavy (non-hydrogen) atoms. The van der Waals surface area contributed by atoms with Gasteiger partial charge in [0, 0.05) is 22.2 Å². The summed E-state index contributed by atoms with van der Waals surface area (Å²) in [6.45, 7) is 1.94. The Balaban J connectivity index is 1.49. The number of thiazole rings is 1. The van der Waals surface area contributed by atoms with Crippen LogP contribution in [0.25, 0.3) is 10.6 Å². The molecular weight excluding hydrogens is 463 g/mol. The Morgan fingerprint density at radius 3 is 2.64 bits per heavy atom. The molecule has 5 nitrogen and oxygen atoms in total. The summed E-state index contributed by atoms with van der Waals surface area (Å²) in [6.07, 6.45) is 0. The molecule has 0 aliphatic rings. The van der Waals surface area contributed by atoms with Crippen LogP contribution in [0.1, 0.15) is 21.6 Å². The maximum atomic E-state index is 14.0. The number of carbonyl (C=O) groups excluding carboxylic acids is 1. The normalized spacial score (nSPS) is 10.7. The summed E-state index contributed by atoms with van der Waals surface area (Å²) in [4.78, 5) is 17.0. The van der Waals surface area contributed by atoms with Gasteiger partial charge in [-0.2, -0.15) is 0 Å². The minimum absolute atomic E-state index is 0.0399. The number of aromatic nitrogens is 1. The van der Waals surface area contributed by atoms with Gasteiger partial charge in [0.05, 0.1) is 12.1 Å². The van der Waals surface area contributed by atoms with Gasteiger partial charge in [-0.15, -0.1) is 11.3 Å². The average molecular weight is 483 g/mol. The van der Waals surface area contributed by atoms with Crippen molar-refractivity contribution in [2.75, 3.05) is 12.4 Å². The summed E-state index contributed by atoms with van der Waals surface area (Å²) >= 11 is 7.42. The van der Waals surface area contributed by atoms with E-state index in [1.54, 1.807) is 35.7 Å². The lowest BCUT2D eigenvalue weighted by Gasteiger charge is -2.13. The molecule has 0 radical (unpaired) electrons. The van der Waals surface area contributed by atoms with Gasteiger partial charge in [-0.3, -0.25) is 4.79 Å². The Hall–Kier alpha value is -3.42. The first-order valence-corrected chi connectivity index (χ1v) is 11.3. The van der Waals surface area contributed by atoms with Crippen LogP contribution in [-0.4, -0.2) is 18.0 Å². The maximum Gasteiger partial charge on any atom is 0.275 e. The van der Waals surface area contributed by atoms with Gasteiger partial charge in [0.15, 0.2) is 11.5 Å². The predicted molar refractivity (Wildman–Crippen MR) is 129 cm³/mol. The first kappa shape index (κ1) is 22.8. The molecular formula is C25H20ClFN2O3S. The third-order valence-electron chi connectivity index (χ3n) is 4.89. The fraction of sp³-hybridized carbons (Fsp3) is 0.120. The summed E-state index contributed by atoms with van der Waals surface area (Å²) in [5, 5.41) is 5.50. The lowest BCUT2D eigenvalue weighted by atomic mass is 10.2. The summed E-state index contributed by atoms with van der Waals surface area (Å²) in [5.41, 5.74) is 3.18. The SMILES string of the molecule is COc1cc(-c2nc(C(=O)Nc3ccc(C)cc3)cs2)ccc1OCc1c(F)cccc1Cl. The number of halogens is 2. The van der Waals surface area contributed by atoms with Crippen LogP contribution in [0.15, 0.2) is 66.0 Å². The van der Waals surface area contributed by atoms with E-state index in [-0.39, 0.29) is 18.1 Å². The number of aryl methyl sites for hydroxylation is 1. The molecule has 1 heterocycles. The fourth-order valence-corrected chi connectivity index (χ4v) is 4.10. The van der Waals surface area contributed by atoms with Gasteiger partial charge in [0.1, 0.15) is 23.1 Å². The Bertz CT molecular complexity index is 1270. The van der Waals surface area contributed by atoms with E-state index in [0.717, 1.165) is 11.1 Å². The van der Waals surface area contributed by atoms with Gasteiger partial charge in [-0.05, 0) is 49.4 Å². The Morgan fingerprint density at radius 2 is 1.91 bits per heavy atom. The van der Waals surface area contributed by atoms with Crippen molar-refractivity contribution in [3.8, 4) is 22.1 Å². The largest absolute Gasteiger partial charge is 0.493 e. The second-order valence-electron chi connectivity index (χ2n) is 7.21. The van der Waals surface area contributed by atoms with E-state index in [2.05, 4.69) is 10.3 Å². The molecule has 168 valence electrons. The van der Waals surface area contributed by atoms with Crippen molar-refractivity contribution in [2.45, 2.75) is 13.5 Å². The number of methoxy groups -OCH3 is 1. The van der Waals surface area contributed by atoms with Gasteiger partial charge in [-0.25, -0.2) is 9.37 Å². The van der Waals surface area contributed by atoms with Crippen LogP contribution in [0.2, 0.25) is 5.02 Å². The quantitative estimate of drug-likeness (QED) is 0.316. The van der Waals surface area contributed by atoms with Crippen molar-refractivity contribution in [1.82, 2.24) is 4.98 Å². The van der Waals surface area contributed by atoms with Crippen LogP contribution >= 0.6 is 22.9 Å². The molecule has 0 atom stereocenters. The molecule has 0 saturated carbocycles. The zero-order chi connectivity index (χ0) is 23.4. The highest BCUT2D eigenvalue weighted by Gasteiger charge is 2.15. The van der Waals surface area contributed by atoms with Crippen LogP contribution in [0.3, 0.4) is 0 Å². The highest BCUT2D eigenvalue weighted by molar-refractivity contribution is 7.13. The van der Waals surface area contributed by atoms with Crippen LogP contribution in [0, 0.1) is 12.7 Å². The predicted octanol–water partition coefficient (Wildman–Crippen LogP) is 6.75. The van der Waals surface area contributed by atoms with E-state index in [4.69, 9.17) is 21.1 Å². The number of hydrogen-bond donors (Lipinski definition) is 1. The number of nitrogens with zero attached hydrogens (tertiary/aromatic N) is 1. The van der Waals surface area contributed by atoms with E-state index in [9.17, 15) is 9.18 Å². The third-order valence-corrected chi connectivity index (χ3v) is 6.14. The molecule has 0 aliphatic heterocycles. The van der Waals surface area contributed by atoms with Gasteiger partial charge in [0.2, 0.25) is 0 Å². The van der Waals surface area contributed by atoms with Crippen molar-refractivity contribution < 1.29 is 18.7 Å². The highest BCUT2D eigenvalue weighted by atomic mass is 35.5. The molecule has 0 aliphatic carbocycles. The second kappa shape index (κ2) is 10.0. The minimum atomic E-state index is -0.433. The molecule has 8 heteroatoms. The van der Waals surface area contributed by atoms with E-state index < -0.39 is 5.82 Å². The minimum Gasteiger partial charge on any atom is -0.493 e. The van der Waals surface area contributed by atoms with Gasteiger partial charge < -0.3 is 14.8 Å². The van der Waals surface area contributed by atoms with Gasteiger partial charge in [-0.1, -0.05) is 35.4 Å². The number of benzene rings is 3. The molecule has 3 aromatic carbocycles. The summed E-state index contributed by atoms with van der Waals surface area (Å²) in [5.74, 6) is 0.183. The standard InChI is InChI=1S/C25H20ClFN2O3S/c1-15-6-9-17(10-7-15)28-24(30)21-14-33-25(29-21)16-8-11-22(23(12-16)31-2)32-13-18-19(26)4-3-5-20(18)27/h3-12,14H,13H2,1-2H3,(H,28,30). The molecule has 0 saturated heterocycles. The van der Waals surface area contributed by atoms with E-state index >= 15 is 0 Å². The fourth-order valence-electron chi connectivity index (χ4n) is 3.08. The van der Waals surface area contributed by atoms with Crippen LogP contribution in [-0.2, 0) is 6.61 Å². The number of carbonyl (C=O) groups is 1. The second-order valence-corrected chi connectivity index (χ2v) is 8.48. The van der Waals surface area contributed by atoms with Crippen molar-refractivity contribution in [3.05, 3.63) is 93.7 Å². The molecule has 1 aromatic heterocycles. The Labute approximate surface area is 199 Å². The lowest BCUT2D eigenvalue weighted by Crippen LogP contribution is -2.12. The van der Waals surface area contributed by atoms with Crippen LogP contribution in [0.4, 0.5) is 10.1 Å². The highest BCUT2D eigenvalue weighted by Crippen LogP contribution is 2.35. The molecule has 4 rings (SSSR count). The first-order chi connectivity index (χ1) is 15.9. The van der Waals surface area contributed by atoms with Crippen molar-refractivity contribution in [2.24, 2.45) is 0 Å². The summed E-state index contributed by atoms with van der Waals surface area (Å²) in [7, 11) is 1.52. The van der Waals surface area contributed by atoms with Gasteiger partial charge in [0.25, 0.3) is 5.91 Å². The number of rotatable bonds is 7. The number of amides is 1. The van der Waals surface area contributed by atoms with Crippen LogP contribution in [0.5, 0.6) is 11.5 Å². The van der Waals surface area contributed by atoms with Crippen LogP contribution < -0.4 is 14.8 Å². The van der Waals surface area contributed by atoms with E-state index in [1.807, 2.05) is 31.2 Å². The van der Waals surface area contributed by atoms with E-state index in [0.29, 0.717) is 32.9 Å². The number of ether oxygens (including phenoxy) is 2. The average Bonchev–Trinajstić information content (AvgIpc) is 3.31. The molecule has 1 N–H and O–H groups in total. The summed E-state index contributed by atoms with van der Waals surface area (Å²) < 4.78 is 25.2. The van der Waals surface area contributed by atoms with Crippen molar-refractivity contribution in [3.63, 3.8) is 0 Å². The number of anilines is 1. The summed E-state index contributed by atoms with van der Waals surface area (Å²) in [6, 6.07) is 17.3. The van der Waals surface area contributed by atoms with Gasteiger partial charge >= 0.3 is 0 Å². The lowest BCUT2D eigenvalue weighted by molar-refractivity contribution is 0.102. The molecule has 1 amide bonds. The zero-order valence-electron chi connectivity index (χ0n) is 17.9. The third kappa shape index (κ3) is 5.32. The smallest absolute Gasteiger partial charge is 0.275 e. The number of nitrogens with one attached hydrogen (secondary N) is 1. The number of hydrogen-bond acceptors (Lipinski definition) is 5. The molecule has 0 bridgehead atoms. The van der Waals surface area contributed by atoms with E-state index in [1.165, 1.54) is 24.5 Å².